The van der Waals surface area contributed by atoms with Gasteiger partial charge in [0.15, 0.2) is 0 Å². The minimum atomic E-state index is -0.360. The van der Waals surface area contributed by atoms with Crippen LogP contribution < -0.4 is 0 Å². The number of halogens is 1. The van der Waals surface area contributed by atoms with E-state index in [1.165, 1.54) is 12.1 Å². The summed E-state index contributed by atoms with van der Waals surface area (Å²) in [6.07, 6.45) is 0.155. The van der Waals surface area contributed by atoms with Crippen LogP contribution in [0.5, 0.6) is 0 Å². The molecule has 1 fully saturated rings. The highest BCUT2D eigenvalue weighted by Gasteiger charge is 2.24. The van der Waals surface area contributed by atoms with Gasteiger partial charge >= 0.3 is 0 Å². The molecule has 0 unspecified atom stereocenters. The zero-order chi connectivity index (χ0) is 25.8. The summed E-state index contributed by atoms with van der Waals surface area (Å²) in [4.78, 5) is 26.0. The number of benzene rings is 2. The van der Waals surface area contributed by atoms with Crippen LogP contribution in [0.25, 0.3) is 22.8 Å². The maximum absolute atomic E-state index is 13.6. The molecule has 1 saturated heterocycles. The average molecular weight is 506 g/mol. The number of aromatic nitrogens is 3. The van der Waals surface area contributed by atoms with Crippen molar-refractivity contribution in [3.63, 3.8) is 0 Å². The van der Waals surface area contributed by atoms with Crippen molar-refractivity contribution in [2.45, 2.75) is 26.5 Å². The summed E-state index contributed by atoms with van der Waals surface area (Å²) >= 11 is 0. The van der Waals surface area contributed by atoms with E-state index in [0.717, 1.165) is 30.8 Å². The first-order valence-corrected chi connectivity index (χ1v) is 12.1. The predicted octanol–water partition coefficient (Wildman–Crippen LogP) is 3.87. The molecule has 0 radical (unpaired) electrons. The third-order valence-corrected chi connectivity index (χ3v) is 6.34. The van der Waals surface area contributed by atoms with E-state index < -0.39 is 0 Å². The number of hydrogen-bond donors (Lipinski definition) is 0. The standard InChI is InChI=1S/C27H28FN5O4/c1-18-23(29-27(36-18)21-7-4-8-22(28)14-21)15-25(34)33-11-9-32(10-12-33)16-19-5-3-6-20(13-19)26-30-24(17-35-2)37-31-26/h3-8,13-14H,9-12,15-17H2,1-2H3. The second-order valence-electron chi connectivity index (χ2n) is 9.01. The summed E-state index contributed by atoms with van der Waals surface area (Å²) in [5.41, 5.74) is 3.16. The zero-order valence-corrected chi connectivity index (χ0v) is 20.8. The van der Waals surface area contributed by atoms with Crippen LogP contribution >= 0.6 is 0 Å². The maximum Gasteiger partial charge on any atom is 0.252 e. The monoisotopic (exact) mass is 505 g/mol. The molecule has 3 heterocycles. The number of oxazole rings is 1. The van der Waals surface area contributed by atoms with Gasteiger partial charge in [-0.25, -0.2) is 9.37 Å². The summed E-state index contributed by atoms with van der Waals surface area (Å²) in [6.45, 7) is 5.62. The molecule has 37 heavy (non-hydrogen) atoms. The molecule has 1 aliphatic rings. The van der Waals surface area contributed by atoms with Crippen LogP contribution in [0.4, 0.5) is 4.39 Å². The quantitative estimate of drug-likeness (QED) is 0.356. The summed E-state index contributed by atoms with van der Waals surface area (Å²) in [6, 6.07) is 14.1. The van der Waals surface area contributed by atoms with Crippen molar-refractivity contribution in [1.82, 2.24) is 24.9 Å². The van der Waals surface area contributed by atoms with Crippen LogP contribution in [0.2, 0.25) is 0 Å². The zero-order valence-electron chi connectivity index (χ0n) is 20.8. The lowest BCUT2D eigenvalue weighted by molar-refractivity contribution is -0.132. The number of aryl methyl sites for hydroxylation is 1. The smallest absolute Gasteiger partial charge is 0.252 e. The fraction of sp³-hybridized carbons (Fsp3) is 0.333. The molecule has 0 aliphatic carbocycles. The van der Waals surface area contributed by atoms with E-state index in [1.807, 2.05) is 17.0 Å². The van der Waals surface area contributed by atoms with Gasteiger partial charge in [-0.1, -0.05) is 29.4 Å². The Bertz CT molecular complexity index is 1380. The van der Waals surface area contributed by atoms with Crippen molar-refractivity contribution in [1.29, 1.82) is 0 Å². The molecule has 0 bridgehead atoms. The minimum absolute atomic E-state index is 0.00723. The molecule has 0 saturated carbocycles. The van der Waals surface area contributed by atoms with Crippen LogP contribution in [-0.2, 0) is 29.1 Å². The Morgan fingerprint density at radius 3 is 2.62 bits per heavy atom. The summed E-state index contributed by atoms with van der Waals surface area (Å²) < 4.78 is 29.5. The Morgan fingerprint density at radius 2 is 1.84 bits per heavy atom. The topological polar surface area (TPSA) is 97.7 Å². The Balaban J connectivity index is 1.15. The molecule has 4 aromatic rings. The Hall–Kier alpha value is -3.89. The number of amides is 1. The highest BCUT2D eigenvalue weighted by atomic mass is 19.1. The molecule has 0 atom stereocenters. The second kappa shape index (κ2) is 11.0. The summed E-state index contributed by atoms with van der Waals surface area (Å²) in [5, 5.41) is 4.03. The predicted molar refractivity (Wildman–Crippen MR) is 133 cm³/mol. The van der Waals surface area contributed by atoms with Gasteiger partial charge in [-0.2, -0.15) is 4.98 Å². The SMILES string of the molecule is COCc1nc(-c2cccc(CN3CCN(C(=O)Cc4nc(-c5cccc(F)c5)oc4C)CC3)c2)no1. The molecule has 1 amide bonds. The molecule has 2 aromatic heterocycles. The van der Waals surface area contributed by atoms with E-state index in [-0.39, 0.29) is 24.8 Å². The number of carbonyl (C=O) groups is 1. The van der Waals surface area contributed by atoms with Crippen LogP contribution in [0, 0.1) is 12.7 Å². The van der Waals surface area contributed by atoms with Gasteiger partial charge in [0.05, 0.1) is 12.1 Å². The first kappa shape index (κ1) is 24.8. The van der Waals surface area contributed by atoms with Gasteiger partial charge in [-0.3, -0.25) is 9.69 Å². The van der Waals surface area contributed by atoms with Crippen LogP contribution in [-0.4, -0.2) is 64.1 Å². The number of hydrogen-bond acceptors (Lipinski definition) is 8. The van der Waals surface area contributed by atoms with Gasteiger partial charge < -0.3 is 18.6 Å². The van der Waals surface area contributed by atoms with Crippen molar-refractivity contribution in [2.24, 2.45) is 0 Å². The molecular formula is C27H28FN5O4. The van der Waals surface area contributed by atoms with Gasteiger partial charge in [-0.15, -0.1) is 0 Å². The van der Waals surface area contributed by atoms with Crippen molar-refractivity contribution in [3.05, 3.63) is 77.3 Å². The van der Waals surface area contributed by atoms with Crippen molar-refractivity contribution >= 4 is 5.91 Å². The van der Waals surface area contributed by atoms with E-state index in [0.29, 0.717) is 47.7 Å². The molecule has 5 rings (SSSR count). The summed E-state index contributed by atoms with van der Waals surface area (Å²) in [5.74, 6) is 1.52. The Morgan fingerprint density at radius 1 is 1.05 bits per heavy atom. The minimum Gasteiger partial charge on any atom is -0.441 e. The molecule has 1 aliphatic heterocycles. The molecule has 0 N–H and O–H groups in total. The lowest BCUT2D eigenvalue weighted by Gasteiger charge is -2.34. The molecular weight excluding hydrogens is 477 g/mol. The van der Waals surface area contributed by atoms with E-state index in [1.54, 1.807) is 26.2 Å². The molecule has 10 heteroatoms. The van der Waals surface area contributed by atoms with Gasteiger partial charge in [0.2, 0.25) is 17.6 Å². The highest BCUT2D eigenvalue weighted by molar-refractivity contribution is 5.79. The first-order chi connectivity index (χ1) is 18.0. The van der Waals surface area contributed by atoms with Crippen molar-refractivity contribution < 1.29 is 22.9 Å². The number of ether oxygens (including phenoxy) is 1. The molecule has 192 valence electrons. The van der Waals surface area contributed by atoms with E-state index >= 15 is 0 Å². The van der Waals surface area contributed by atoms with E-state index in [4.69, 9.17) is 13.7 Å². The third-order valence-electron chi connectivity index (χ3n) is 6.34. The fourth-order valence-electron chi connectivity index (χ4n) is 4.37. The number of methoxy groups -OCH3 is 1. The van der Waals surface area contributed by atoms with E-state index in [9.17, 15) is 9.18 Å². The first-order valence-electron chi connectivity index (χ1n) is 12.1. The molecule has 0 spiro atoms. The largest absolute Gasteiger partial charge is 0.441 e. The second-order valence-corrected chi connectivity index (χ2v) is 9.01. The Kier molecular flexibility index (Phi) is 7.38. The van der Waals surface area contributed by atoms with Gasteiger partial charge in [0.1, 0.15) is 18.2 Å². The highest BCUT2D eigenvalue weighted by Crippen LogP contribution is 2.23. The van der Waals surface area contributed by atoms with Crippen LogP contribution in [0.1, 0.15) is 22.9 Å². The van der Waals surface area contributed by atoms with Crippen molar-refractivity contribution in [3.8, 4) is 22.8 Å². The summed E-state index contributed by atoms with van der Waals surface area (Å²) in [7, 11) is 1.58. The lowest BCUT2D eigenvalue weighted by Crippen LogP contribution is -2.48. The normalized spacial score (nSPS) is 14.3. The molecule has 9 nitrogen and oxygen atoms in total. The molecule has 2 aromatic carbocycles. The van der Waals surface area contributed by atoms with Crippen LogP contribution in [0.15, 0.2) is 57.5 Å². The third kappa shape index (κ3) is 5.92. The van der Waals surface area contributed by atoms with Crippen LogP contribution in [0.3, 0.4) is 0 Å². The van der Waals surface area contributed by atoms with E-state index in [2.05, 4.69) is 32.2 Å². The van der Waals surface area contributed by atoms with Gasteiger partial charge in [0, 0.05) is 51.0 Å². The number of piperazine rings is 1. The number of nitrogens with zero attached hydrogens (tertiary/aromatic N) is 5. The Labute approximate surface area is 213 Å². The van der Waals surface area contributed by atoms with Gasteiger partial charge in [0.25, 0.3) is 5.89 Å². The number of carbonyl (C=O) groups excluding carboxylic acids is 1. The lowest BCUT2D eigenvalue weighted by atomic mass is 10.1. The van der Waals surface area contributed by atoms with Gasteiger partial charge in [-0.05, 0) is 36.8 Å². The van der Waals surface area contributed by atoms with Crippen molar-refractivity contribution in [2.75, 3.05) is 33.3 Å². The average Bonchev–Trinajstić information content (AvgIpc) is 3.52. The number of rotatable bonds is 8. The fourth-order valence-corrected chi connectivity index (χ4v) is 4.37. The maximum atomic E-state index is 13.6.